The van der Waals surface area contributed by atoms with E-state index < -0.39 is 0 Å². The van der Waals surface area contributed by atoms with Crippen LogP contribution in [0.5, 0.6) is 0 Å². The molecule has 0 bridgehead atoms. The summed E-state index contributed by atoms with van der Waals surface area (Å²) in [6.45, 7) is 5.49. The first-order valence-electron chi connectivity index (χ1n) is 8.57. The van der Waals surface area contributed by atoms with Crippen molar-refractivity contribution in [3.8, 4) is 5.82 Å². The summed E-state index contributed by atoms with van der Waals surface area (Å²) < 4.78 is 3.17. The highest BCUT2D eigenvalue weighted by molar-refractivity contribution is 7.13. The highest BCUT2D eigenvalue weighted by Crippen LogP contribution is 2.19. The minimum Gasteiger partial charge on any atom is -0.324 e. The highest BCUT2D eigenvalue weighted by Gasteiger charge is 2.31. The molecule has 0 radical (unpaired) electrons. The van der Waals surface area contributed by atoms with Crippen molar-refractivity contribution in [2.24, 2.45) is 5.92 Å². The van der Waals surface area contributed by atoms with Crippen molar-refractivity contribution < 1.29 is 4.79 Å². The number of carbonyl (C=O) groups excluding carboxylic acids is 1. The molecule has 2 amide bonds. The molecule has 10 heteroatoms. The van der Waals surface area contributed by atoms with Crippen LogP contribution in [0.15, 0.2) is 34.6 Å². The van der Waals surface area contributed by atoms with Crippen LogP contribution in [0.1, 0.15) is 11.4 Å². The van der Waals surface area contributed by atoms with Crippen molar-refractivity contribution in [1.29, 1.82) is 0 Å². The number of hydrogen-bond acceptors (Lipinski definition) is 6. The fraction of sp³-hybridized carbons (Fsp3) is 0.353. The number of nitrogens with one attached hydrogen (secondary N) is 1. The van der Waals surface area contributed by atoms with Gasteiger partial charge in [0.05, 0.1) is 12.2 Å². The zero-order chi connectivity index (χ0) is 19.0. The monoisotopic (exact) mass is 385 g/mol. The van der Waals surface area contributed by atoms with Gasteiger partial charge in [-0.05, 0) is 26.0 Å². The summed E-state index contributed by atoms with van der Waals surface area (Å²) in [6, 6.07) is 4.97. The van der Waals surface area contributed by atoms with E-state index in [4.69, 9.17) is 0 Å². The Morgan fingerprint density at radius 3 is 2.78 bits per heavy atom. The highest BCUT2D eigenvalue weighted by atomic mass is 32.1. The van der Waals surface area contributed by atoms with Crippen LogP contribution in [0.25, 0.3) is 5.82 Å². The number of amides is 2. The SMILES string of the molecule is Cc1cc(C)n(-c2ccc(=O)n(CC3CN(C(=O)Nc4nccs4)C3)n2)n1. The van der Waals surface area contributed by atoms with E-state index in [-0.39, 0.29) is 17.5 Å². The second kappa shape index (κ2) is 6.95. The van der Waals surface area contributed by atoms with E-state index in [0.717, 1.165) is 11.4 Å². The Balaban J connectivity index is 1.40. The number of nitrogens with zero attached hydrogens (tertiary/aromatic N) is 6. The van der Waals surface area contributed by atoms with Crippen LogP contribution in [-0.2, 0) is 6.54 Å². The summed E-state index contributed by atoms with van der Waals surface area (Å²) in [5.41, 5.74) is 1.69. The summed E-state index contributed by atoms with van der Waals surface area (Å²) in [5.74, 6) is 0.797. The van der Waals surface area contributed by atoms with Crippen molar-refractivity contribution in [3.63, 3.8) is 0 Å². The van der Waals surface area contributed by atoms with Gasteiger partial charge in [-0.3, -0.25) is 10.1 Å². The van der Waals surface area contributed by atoms with Crippen molar-refractivity contribution in [2.75, 3.05) is 18.4 Å². The fourth-order valence-corrected chi connectivity index (χ4v) is 3.61. The lowest BCUT2D eigenvalue weighted by molar-refractivity contribution is 0.116. The molecule has 3 aromatic rings. The third kappa shape index (κ3) is 3.61. The normalized spacial score (nSPS) is 14.2. The van der Waals surface area contributed by atoms with Crippen LogP contribution in [0.2, 0.25) is 0 Å². The van der Waals surface area contributed by atoms with Gasteiger partial charge in [-0.25, -0.2) is 19.1 Å². The van der Waals surface area contributed by atoms with Crippen molar-refractivity contribution in [1.82, 2.24) is 29.4 Å². The van der Waals surface area contributed by atoms with Gasteiger partial charge in [-0.15, -0.1) is 16.4 Å². The van der Waals surface area contributed by atoms with Crippen LogP contribution < -0.4 is 10.9 Å². The minimum atomic E-state index is -0.169. The van der Waals surface area contributed by atoms with Gasteiger partial charge in [-0.1, -0.05) is 0 Å². The van der Waals surface area contributed by atoms with E-state index in [1.807, 2.05) is 25.3 Å². The number of aromatic nitrogens is 5. The molecule has 140 valence electrons. The Hall–Kier alpha value is -3.01. The van der Waals surface area contributed by atoms with Gasteiger partial charge in [0.1, 0.15) is 0 Å². The topological polar surface area (TPSA) is 97.9 Å². The number of hydrogen-bond donors (Lipinski definition) is 1. The Morgan fingerprint density at radius 2 is 2.11 bits per heavy atom. The third-order valence-electron chi connectivity index (χ3n) is 4.40. The smallest absolute Gasteiger partial charge is 0.323 e. The second-order valence-corrected chi connectivity index (χ2v) is 7.48. The number of urea groups is 1. The summed E-state index contributed by atoms with van der Waals surface area (Å²) in [4.78, 5) is 30.0. The van der Waals surface area contributed by atoms with Gasteiger partial charge in [0.25, 0.3) is 5.56 Å². The molecule has 0 atom stereocenters. The molecule has 4 rings (SSSR count). The summed E-state index contributed by atoms with van der Waals surface area (Å²) in [7, 11) is 0. The lowest BCUT2D eigenvalue weighted by Crippen LogP contribution is -2.53. The summed E-state index contributed by atoms with van der Waals surface area (Å²) in [5, 5.41) is 14.0. The van der Waals surface area contributed by atoms with Crippen LogP contribution in [0.3, 0.4) is 0 Å². The lowest BCUT2D eigenvalue weighted by Gasteiger charge is -2.38. The maximum Gasteiger partial charge on any atom is 0.323 e. The molecule has 0 saturated carbocycles. The Kier molecular flexibility index (Phi) is 4.48. The van der Waals surface area contributed by atoms with Gasteiger partial charge in [0.2, 0.25) is 0 Å². The molecule has 1 aliphatic rings. The molecule has 9 nitrogen and oxygen atoms in total. The molecule has 1 fully saturated rings. The van der Waals surface area contributed by atoms with E-state index >= 15 is 0 Å². The number of thiazole rings is 1. The fourth-order valence-electron chi connectivity index (χ4n) is 3.09. The number of aryl methyl sites for hydroxylation is 2. The number of rotatable bonds is 4. The average molecular weight is 385 g/mol. The molecule has 0 aliphatic carbocycles. The lowest BCUT2D eigenvalue weighted by atomic mass is 10.0. The Labute approximate surface area is 159 Å². The average Bonchev–Trinajstić information content (AvgIpc) is 3.21. The Bertz CT molecular complexity index is 1020. The first-order valence-corrected chi connectivity index (χ1v) is 9.45. The molecule has 1 saturated heterocycles. The van der Waals surface area contributed by atoms with Crippen LogP contribution in [0.4, 0.5) is 9.93 Å². The molecule has 3 aromatic heterocycles. The van der Waals surface area contributed by atoms with Crippen molar-refractivity contribution in [3.05, 3.63) is 51.5 Å². The number of likely N-dealkylation sites (tertiary alicyclic amines) is 1. The predicted octanol–water partition coefficient (Wildman–Crippen LogP) is 1.67. The number of carbonyl (C=O) groups is 1. The zero-order valence-corrected chi connectivity index (χ0v) is 15.8. The predicted molar refractivity (Wildman–Crippen MR) is 101 cm³/mol. The van der Waals surface area contributed by atoms with Gasteiger partial charge in [0.15, 0.2) is 10.9 Å². The molecular weight excluding hydrogens is 366 g/mol. The number of anilines is 1. The second-order valence-electron chi connectivity index (χ2n) is 6.59. The zero-order valence-electron chi connectivity index (χ0n) is 15.0. The van der Waals surface area contributed by atoms with E-state index in [1.165, 1.54) is 22.1 Å². The van der Waals surface area contributed by atoms with Crippen molar-refractivity contribution >= 4 is 22.5 Å². The molecular formula is C17H19N7O2S. The molecule has 1 N–H and O–H groups in total. The maximum atomic E-state index is 12.2. The molecule has 1 aliphatic heterocycles. The first kappa shape index (κ1) is 17.4. The largest absolute Gasteiger partial charge is 0.324 e. The van der Waals surface area contributed by atoms with Gasteiger partial charge >= 0.3 is 6.03 Å². The maximum absolute atomic E-state index is 12.2. The van der Waals surface area contributed by atoms with E-state index in [1.54, 1.807) is 21.8 Å². The van der Waals surface area contributed by atoms with E-state index in [2.05, 4.69) is 20.5 Å². The van der Waals surface area contributed by atoms with E-state index in [0.29, 0.717) is 30.6 Å². The Morgan fingerprint density at radius 1 is 1.30 bits per heavy atom. The van der Waals surface area contributed by atoms with Crippen LogP contribution >= 0.6 is 11.3 Å². The van der Waals surface area contributed by atoms with Gasteiger partial charge in [-0.2, -0.15) is 5.10 Å². The summed E-state index contributed by atoms with van der Waals surface area (Å²) >= 11 is 1.38. The first-order chi connectivity index (χ1) is 13.0. The molecule has 27 heavy (non-hydrogen) atoms. The quantitative estimate of drug-likeness (QED) is 0.737. The third-order valence-corrected chi connectivity index (χ3v) is 5.09. The van der Waals surface area contributed by atoms with Gasteiger partial charge < -0.3 is 4.90 Å². The van der Waals surface area contributed by atoms with Crippen LogP contribution in [-0.4, -0.2) is 48.6 Å². The molecule has 0 unspecified atom stereocenters. The standard InChI is InChI=1S/C17H19N7O2S/c1-11-7-12(2)24(20-11)14-3-4-15(25)23(21-14)10-13-8-22(9-13)17(26)19-16-18-5-6-27-16/h3-7,13H,8-10H2,1-2H3,(H,18,19,26). The molecule has 4 heterocycles. The summed E-state index contributed by atoms with van der Waals surface area (Å²) in [6.07, 6.45) is 1.65. The van der Waals surface area contributed by atoms with E-state index in [9.17, 15) is 9.59 Å². The van der Waals surface area contributed by atoms with Crippen molar-refractivity contribution in [2.45, 2.75) is 20.4 Å². The van der Waals surface area contributed by atoms with Crippen LogP contribution in [0, 0.1) is 19.8 Å². The van der Waals surface area contributed by atoms with Gasteiger partial charge in [0, 0.05) is 42.3 Å². The minimum absolute atomic E-state index is 0.161. The molecule has 0 spiro atoms. The molecule has 0 aromatic carbocycles.